The fourth-order valence-electron chi connectivity index (χ4n) is 0.766. The standard InChI is InChI=1S/C7H11NO2/c1-6(9)5-7-3-2-4-10-8-7/h2-4,6,8-9H,5H2,1H3. The maximum absolute atomic E-state index is 8.94. The molecule has 3 heteroatoms. The van der Waals surface area contributed by atoms with Crippen molar-refractivity contribution in [3.05, 3.63) is 24.1 Å². The van der Waals surface area contributed by atoms with Crippen LogP contribution in [-0.2, 0) is 4.84 Å². The molecule has 10 heavy (non-hydrogen) atoms. The average molecular weight is 141 g/mol. The summed E-state index contributed by atoms with van der Waals surface area (Å²) in [5.41, 5.74) is 3.57. The molecule has 1 unspecified atom stereocenters. The van der Waals surface area contributed by atoms with Gasteiger partial charge in [-0.1, -0.05) is 0 Å². The minimum Gasteiger partial charge on any atom is -0.393 e. The average Bonchev–Trinajstić information content (AvgIpc) is 1.88. The maximum atomic E-state index is 8.94. The third kappa shape index (κ3) is 2.11. The lowest BCUT2D eigenvalue weighted by molar-refractivity contribution is 0.135. The fraction of sp³-hybridized carbons (Fsp3) is 0.429. The van der Waals surface area contributed by atoms with E-state index in [1.807, 2.05) is 6.08 Å². The third-order valence-electron chi connectivity index (χ3n) is 1.15. The van der Waals surface area contributed by atoms with Gasteiger partial charge in [-0.25, -0.2) is 5.48 Å². The van der Waals surface area contributed by atoms with Gasteiger partial charge in [-0.2, -0.15) is 0 Å². The minimum absolute atomic E-state index is 0.325. The van der Waals surface area contributed by atoms with Gasteiger partial charge in [-0.05, 0) is 19.1 Å². The van der Waals surface area contributed by atoms with Crippen LogP contribution in [0.3, 0.4) is 0 Å². The molecule has 3 nitrogen and oxygen atoms in total. The van der Waals surface area contributed by atoms with Crippen LogP contribution in [0.5, 0.6) is 0 Å². The van der Waals surface area contributed by atoms with Crippen LogP contribution in [0, 0.1) is 0 Å². The van der Waals surface area contributed by atoms with E-state index in [1.54, 1.807) is 19.3 Å². The lowest BCUT2D eigenvalue weighted by Gasteiger charge is -2.12. The Morgan fingerprint density at radius 2 is 2.60 bits per heavy atom. The van der Waals surface area contributed by atoms with Crippen molar-refractivity contribution in [1.29, 1.82) is 0 Å². The summed E-state index contributed by atoms with van der Waals surface area (Å²) in [5.74, 6) is 0. The molecule has 0 spiro atoms. The SMILES string of the molecule is CC(O)CC1=CC=CON1. The molecule has 0 amide bonds. The Kier molecular flexibility index (Phi) is 2.34. The number of allylic oxidation sites excluding steroid dienone is 2. The van der Waals surface area contributed by atoms with Crippen molar-refractivity contribution < 1.29 is 9.94 Å². The van der Waals surface area contributed by atoms with E-state index in [4.69, 9.17) is 9.94 Å². The van der Waals surface area contributed by atoms with Gasteiger partial charge < -0.3 is 9.94 Å². The second kappa shape index (κ2) is 3.27. The number of hydrogen-bond acceptors (Lipinski definition) is 3. The Morgan fingerprint density at radius 3 is 3.10 bits per heavy atom. The molecule has 0 aromatic rings. The van der Waals surface area contributed by atoms with Crippen LogP contribution in [0.15, 0.2) is 24.1 Å². The lowest BCUT2D eigenvalue weighted by atomic mass is 10.2. The van der Waals surface area contributed by atoms with Crippen LogP contribution in [0.4, 0.5) is 0 Å². The van der Waals surface area contributed by atoms with Gasteiger partial charge in [0.1, 0.15) is 6.26 Å². The van der Waals surface area contributed by atoms with Crippen molar-refractivity contribution >= 4 is 0 Å². The van der Waals surface area contributed by atoms with Crippen molar-refractivity contribution in [2.45, 2.75) is 19.4 Å². The molecule has 1 aliphatic rings. The highest BCUT2D eigenvalue weighted by molar-refractivity contribution is 5.11. The maximum Gasteiger partial charge on any atom is 0.119 e. The molecule has 0 aliphatic carbocycles. The first-order chi connectivity index (χ1) is 4.79. The van der Waals surface area contributed by atoms with Crippen LogP contribution in [0.2, 0.25) is 0 Å². The van der Waals surface area contributed by atoms with E-state index in [0.29, 0.717) is 6.42 Å². The van der Waals surface area contributed by atoms with Gasteiger partial charge in [0.05, 0.1) is 11.8 Å². The van der Waals surface area contributed by atoms with Gasteiger partial charge in [0.25, 0.3) is 0 Å². The lowest BCUT2D eigenvalue weighted by Crippen LogP contribution is -2.16. The van der Waals surface area contributed by atoms with Gasteiger partial charge >= 0.3 is 0 Å². The molecule has 56 valence electrons. The van der Waals surface area contributed by atoms with E-state index in [2.05, 4.69) is 5.48 Å². The monoisotopic (exact) mass is 141 g/mol. The molecule has 1 aliphatic heterocycles. The largest absolute Gasteiger partial charge is 0.393 e. The second-order valence-electron chi connectivity index (χ2n) is 2.29. The van der Waals surface area contributed by atoms with Crippen molar-refractivity contribution in [2.75, 3.05) is 0 Å². The van der Waals surface area contributed by atoms with E-state index in [9.17, 15) is 0 Å². The molecule has 0 saturated carbocycles. The first-order valence-electron chi connectivity index (χ1n) is 3.24. The molecule has 2 N–H and O–H groups in total. The summed E-state index contributed by atoms with van der Waals surface area (Å²) < 4.78 is 0. The van der Waals surface area contributed by atoms with Crippen molar-refractivity contribution in [3.8, 4) is 0 Å². The first-order valence-corrected chi connectivity index (χ1v) is 3.24. The summed E-state index contributed by atoms with van der Waals surface area (Å²) in [6.07, 6.45) is 5.48. The number of hydrogen-bond donors (Lipinski definition) is 2. The van der Waals surface area contributed by atoms with Gasteiger partial charge in [0, 0.05) is 6.42 Å². The van der Waals surface area contributed by atoms with Gasteiger partial charge in [-0.15, -0.1) is 0 Å². The molecule has 1 atom stereocenters. The minimum atomic E-state index is -0.325. The summed E-state index contributed by atoms with van der Waals surface area (Å²) in [7, 11) is 0. The van der Waals surface area contributed by atoms with Crippen LogP contribution < -0.4 is 5.48 Å². The Labute approximate surface area is 60.0 Å². The number of nitrogens with one attached hydrogen (secondary N) is 1. The Morgan fingerprint density at radius 1 is 1.80 bits per heavy atom. The number of aliphatic hydroxyl groups is 1. The molecule has 0 aromatic carbocycles. The normalized spacial score (nSPS) is 18.8. The number of hydroxylamine groups is 1. The van der Waals surface area contributed by atoms with Gasteiger partial charge in [-0.3, -0.25) is 0 Å². The predicted molar refractivity (Wildman–Crippen MR) is 37.7 cm³/mol. The van der Waals surface area contributed by atoms with Gasteiger partial charge in [0.2, 0.25) is 0 Å². The van der Waals surface area contributed by atoms with Crippen LogP contribution in [-0.4, -0.2) is 11.2 Å². The van der Waals surface area contributed by atoms with Crippen LogP contribution in [0.1, 0.15) is 13.3 Å². The molecule has 0 saturated heterocycles. The zero-order valence-electron chi connectivity index (χ0n) is 5.87. The Bertz CT molecular complexity index is 161. The highest BCUT2D eigenvalue weighted by atomic mass is 16.6. The van der Waals surface area contributed by atoms with E-state index < -0.39 is 0 Å². The molecule has 0 aromatic heterocycles. The Hall–Kier alpha value is -0.960. The molecular formula is C7H11NO2. The summed E-state index contributed by atoms with van der Waals surface area (Å²) in [6.45, 7) is 1.74. The van der Waals surface area contributed by atoms with E-state index in [0.717, 1.165) is 5.70 Å². The second-order valence-corrected chi connectivity index (χ2v) is 2.29. The summed E-state index contributed by atoms with van der Waals surface area (Å²) in [4.78, 5) is 4.77. The number of rotatable bonds is 2. The molecule has 1 rings (SSSR count). The zero-order valence-corrected chi connectivity index (χ0v) is 5.87. The van der Waals surface area contributed by atoms with Gasteiger partial charge in [0.15, 0.2) is 0 Å². The van der Waals surface area contributed by atoms with Crippen LogP contribution >= 0.6 is 0 Å². The molecular weight excluding hydrogens is 130 g/mol. The van der Waals surface area contributed by atoms with Crippen molar-refractivity contribution in [3.63, 3.8) is 0 Å². The van der Waals surface area contributed by atoms with E-state index in [1.165, 1.54) is 0 Å². The topological polar surface area (TPSA) is 41.5 Å². The molecule has 0 bridgehead atoms. The quantitative estimate of drug-likeness (QED) is 0.594. The number of aliphatic hydroxyl groups excluding tert-OH is 1. The highest BCUT2D eigenvalue weighted by Crippen LogP contribution is 2.04. The van der Waals surface area contributed by atoms with Crippen molar-refractivity contribution in [1.82, 2.24) is 5.48 Å². The summed E-state index contributed by atoms with van der Waals surface area (Å²) in [6, 6.07) is 0. The fourth-order valence-corrected chi connectivity index (χ4v) is 0.766. The zero-order chi connectivity index (χ0) is 7.40. The first kappa shape index (κ1) is 7.15. The smallest absolute Gasteiger partial charge is 0.119 e. The van der Waals surface area contributed by atoms with Crippen LogP contribution in [0.25, 0.3) is 0 Å². The van der Waals surface area contributed by atoms with Crippen molar-refractivity contribution in [2.24, 2.45) is 0 Å². The highest BCUT2D eigenvalue weighted by Gasteiger charge is 2.02. The molecule has 1 heterocycles. The summed E-state index contributed by atoms with van der Waals surface area (Å²) in [5, 5.41) is 8.94. The molecule has 0 fully saturated rings. The van der Waals surface area contributed by atoms with E-state index in [-0.39, 0.29) is 6.10 Å². The van der Waals surface area contributed by atoms with E-state index >= 15 is 0 Å². The predicted octanol–water partition coefficient (Wildman–Crippen LogP) is 0.690. The molecule has 0 radical (unpaired) electrons. The summed E-state index contributed by atoms with van der Waals surface area (Å²) >= 11 is 0. The Balaban J connectivity index is 2.39. The third-order valence-corrected chi connectivity index (χ3v) is 1.15.